The lowest BCUT2D eigenvalue weighted by atomic mass is 9.85. The van der Waals surface area contributed by atoms with Crippen LogP contribution in [0, 0.1) is 11.8 Å². The van der Waals surface area contributed by atoms with Crippen molar-refractivity contribution in [3.63, 3.8) is 0 Å². The number of carbonyl (C=O) groups is 2. The molecule has 0 aromatic rings. The van der Waals surface area contributed by atoms with Crippen LogP contribution in [-0.2, 0) is 9.59 Å². The van der Waals surface area contributed by atoms with E-state index in [-0.39, 0.29) is 29.8 Å². The summed E-state index contributed by atoms with van der Waals surface area (Å²) in [5, 5.41) is 0. The summed E-state index contributed by atoms with van der Waals surface area (Å²) < 4.78 is 0. The van der Waals surface area contributed by atoms with Crippen molar-refractivity contribution in [3.05, 3.63) is 12.2 Å². The van der Waals surface area contributed by atoms with Gasteiger partial charge in [-0.3, -0.25) is 9.59 Å². The van der Waals surface area contributed by atoms with E-state index in [1.165, 1.54) is 0 Å². The third-order valence-electron chi connectivity index (χ3n) is 2.61. The predicted molar refractivity (Wildman–Crippen MR) is 40.0 cm³/mol. The van der Waals surface area contributed by atoms with Crippen LogP contribution in [0.25, 0.3) is 0 Å². The summed E-state index contributed by atoms with van der Waals surface area (Å²) in [5.41, 5.74) is 0. The highest BCUT2D eigenvalue weighted by atomic mass is 16.2. The third-order valence-corrected chi connectivity index (χ3v) is 2.61. The maximum Gasteiger partial charge on any atom is 0.144 e. The molecule has 2 atom stereocenters. The molecular formula is C9H10O2. The molecule has 0 saturated heterocycles. The third kappa shape index (κ3) is 0.934. The van der Waals surface area contributed by atoms with E-state index >= 15 is 0 Å². The number of ketones is 2. The van der Waals surface area contributed by atoms with E-state index in [2.05, 4.69) is 0 Å². The monoisotopic (exact) mass is 150 g/mol. The van der Waals surface area contributed by atoms with Gasteiger partial charge in [0.15, 0.2) is 0 Å². The summed E-state index contributed by atoms with van der Waals surface area (Å²) in [6.07, 6.45) is 5.79. The zero-order valence-corrected chi connectivity index (χ0v) is 6.25. The van der Waals surface area contributed by atoms with E-state index in [0.717, 1.165) is 12.8 Å². The van der Waals surface area contributed by atoms with Gasteiger partial charge in [0, 0.05) is 11.8 Å². The molecule has 0 radical (unpaired) electrons. The Morgan fingerprint density at radius 3 is 1.91 bits per heavy atom. The quantitative estimate of drug-likeness (QED) is 0.383. The summed E-state index contributed by atoms with van der Waals surface area (Å²) in [7, 11) is 0. The van der Waals surface area contributed by atoms with Crippen molar-refractivity contribution in [3.8, 4) is 0 Å². The molecule has 0 unspecified atom stereocenters. The second-order valence-electron chi connectivity index (χ2n) is 3.27. The smallest absolute Gasteiger partial charge is 0.144 e. The maximum atomic E-state index is 11.2. The van der Waals surface area contributed by atoms with Crippen LogP contribution in [0.4, 0.5) is 0 Å². The molecule has 1 fully saturated rings. The molecule has 11 heavy (non-hydrogen) atoms. The van der Waals surface area contributed by atoms with Crippen LogP contribution in [0.2, 0.25) is 0 Å². The fraction of sp³-hybridized carbons (Fsp3) is 0.556. The minimum Gasteiger partial charge on any atom is -0.299 e. The van der Waals surface area contributed by atoms with E-state index in [4.69, 9.17) is 0 Å². The van der Waals surface area contributed by atoms with Gasteiger partial charge in [-0.15, -0.1) is 0 Å². The first-order chi connectivity index (χ1) is 5.29. The Hall–Kier alpha value is -0.920. The molecule has 0 amide bonds. The topological polar surface area (TPSA) is 34.1 Å². The summed E-state index contributed by atoms with van der Waals surface area (Å²) in [6, 6.07) is 0. The largest absolute Gasteiger partial charge is 0.299 e. The van der Waals surface area contributed by atoms with E-state index < -0.39 is 0 Å². The number of hydrogen-bond acceptors (Lipinski definition) is 2. The first-order valence-electron chi connectivity index (χ1n) is 3.99. The van der Waals surface area contributed by atoms with Gasteiger partial charge in [-0.05, 0) is 12.8 Å². The summed E-state index contributed by atoms with van der Waals surface area (Å²) in [5.74, 6) is 0.383. The molecule has 2 heteroatoms. The highest BCUT2D eigenvalue weighted by Crippen LogP contribution is 2.34. The molecule has 0 spiro atoms. The summed E-state index contributed by atoms with van der Waals surface area (Å²) in [6.45, 7) is 0. The molecule has 0 N–H and O–H groups in total. The molecule has 0 aliphatic heterocycles. The molecule has 0 heterocycles. The highest BCUT2D eigenvalue weighted by molar-refractivity contribution is 6.08. The van der Waals surface area contributed by atoms with E-state index in [1.807, 2.05) is 12.2 Å². The Balaban J connectivity index is 2.28. The Morgan fingerprint density at radius 2 is 1.45 bits per heavy atom. The van der Waals surface area contributed by atoms with E-state index in [1.54, 1.807) is 0 Å². The lowest BCUT2D eigenvalue weighted by molar-refractivity contribution is -0.122. The van der Waals surface area contributed by atoms with Gasteiger partial charge in [0.25, 0.3) is 0 Å². The fourth-order valence-corrected chi connectivity index (χ4v) is 1.96. The van der Waals surface area contributed by atoms with Crippen molar-refractivity contribution in [2.45, 2.75) is 19.3 Å². The number of rotatable bonds is 0. The van der Waals surface area contributed by atoms with Crippen LogP contribution in [-0.4, -0.2) is 11.6 Å². The molecular weight excluding hydrogens is 140 g/mol. The molecule has 1 saturated carbocycles. The second-order valence-corrected chi connectivity index (χ2v) is 3.27. The van der Waals surface area contributed by atoms with Crippen molar-refractivity contribution < 1.29 is 9.59 Å². The number of carbonyl (C=O) groups excluding carboxylic acids is 2. The van der Waals surface area contributed by atoms with Crippen LogP contribution in [0.1, 0.15) is 19.3 Å². The van der Waals surface area contributed by atoms with E-state index in [0.29, 0.717) is 0 Å². The van der Waals surface area contributed by atoms with Crippen molar-refractivity contribution in [2.24, 2.45) is 11.8 Å². The minimum atomic E-state index is 0.0347. The minimum absolute atomic E-state index is 0.0347. The van der Waals surface area contributed by atoms with Gasteiger partial charge in [-0.25, -0.2) is 0 Å². The molecule has 2 aliphatic carbocycles. The normalized spacial score (nSPS) is 36.0. The average molecular weight is 150 g/mol. The SMILES string of the molecule is O=C1CC(=O)[C@H]2CC=CC[C@H]12. The van der Waals surface area contributed by atoms with Crippen LogP contribution in [0.3, 0.4) is 0 Å². The molecule has 2 aliphatic rings. The number of hydrogen-bond donors (Lipinski definition) is 0. The zero-order chi connectivity index (χ0) is 7.84. The number of Topliss-reactive ketones (excluding diaryl/α,β-unsaturated/α-hetero) is 2. The van der Waals surface area contributed by atoms with Gasteiger partial charge in [0.1, 0.15) is 11.6 Å². The Bertz CT molecular complexity index is 216. The summed E-state index contributed by atoms with van der Waals surface area (Å²) in [4.78, 5) is 22.3. The first kappa shape index (κ1) is 6.77. The Kier molecular flexibility index (Phi) is 1.41. The predicted octanol–water partition coefficient (Wildman–Crippen LogP) is 1.11. The van der Waals surface area contributed by atoms with Gasteiger partial charge in [0.2, 0.25) is 0 Å². The van der Waals surface area contributed by atoms with Gasteiger partial charge in [0.05, 0.1) is 6.42 Å². The molecule has 0 aromatic carbocycles. The maximum absolute atomic E-state index is 11.2. The molecule has 0 aromatic heterocycles. The van der Waals surface area contributed by atoms with Crippen LogP contribution in [0.5, 0.6) is 0 Å². The Labute approximate surface area is 65.3 Å². The van der Waals surface area contributed by atoms with Gasteiger partial charge >= 0.3 is 0 Å². The van der Waals surface area contributed by atoms with Crippen molar-refractivity contribution in [2.75, 3.05) is 0 Å². The number of fused-ring (bicyclic) bond motifs is 1. The van der Waals surface area contributed by atoms with Crippen LogP contribution < -0.4 is 0 Å². The van der Waals surface area contributed by atoms with Gasteiger partial charge in [-0.1, -0.05) is 12.2 Å². The highest BCUT2D eigenvalue weighted by Gasteiger charge is 2.40. The van der Waals surface area contributed by atoms with Crippen molar-refractivity contribution in [1.82, 2.24) is 0 Å². The van der Waals surface area contributed by atoms with Crippen molar-refractivity contribution >= 4 is 11.6 Å². The van der Waals surface area contributed by atoms with Crippen molar-refractivity contribution in [1.29, 1.82) is 0 Å². The van der Waals surface area contributed by atoms with Gasteiger partial charge < -0.3 is 0 Å². The summed E-state index contributed by atoms with van der Waals surface area (Å²) >= 11 is 0. The number of allylic oxidation sites excluding steroid dienone is 2. The second kappa shape index (κ2) is 2.29. The first-order valence-corrected chi connectivity index (χ1v) is 3.99. The standard InChI is InChI=1S/C9H10O2/c10-8-5-9(11)7-4-2-1-3-6(7)8/h1-2,6-7H,3-5H2/t6-,7-/m0/s1. The molecule has 2 rings (SSSR count). The lowest BCUT2D eigenvalue weighted by Crippen LogP contribution is -2.18. The Morgan fingerprint density at radius 1 is 1.00 bits per heavy atom. The average Bonchev–Trinajstić information content (AvgIpc) is 2.30. The van der Waals surface area contributed by atoms with Gasteiger partial charge in [-0.2, -0.15) is 0 Å². The van der Waals surface area contributed by atoms with Crippen LogP contribution >= 0.6 is 0 Å². The molecule has 0 bridgehead atoms. The lowest BCUT2D eigenvalue weighted by Gasteiger charge is -2.16. The fourth-order valence-electron chi connectivity index (χ4n) is 1.96. The van der Waals surface area contributed by atoms with Crippen LogP contribution in [0.15, 0.2) is 12.2 Å². The van der Waals surface area contributed by atoms with E-state index in [9.17, 15) is 9.59 Å². The zero-order valence-electron chi connectivity index (χ0n) is 6.25. The molecule has 58 valence electrons. The molecule has 2 nitrogen and oxygen atoms in total.